The highest BCUT2D eigenvalue weighted by atomic mass is 35.5. The number of rotatable bonds is 49. The summed E-state index contributed by atoms with van der Waals surface area (Å²) in [5.41, 5.74) is 14.9. The quantitative estimate of drug-likeness (QED) is 0.0193. The average Bonchev–Trinajstić information content (AvgIpc) is 1.70. The minimum Gasteiger partial charge on any atom is -0.394 e. The maximum absolute atomic E-state index is 15.7. The molecule has 6 aromatic rings. The summed E-state index contributed by atoms with van der Waals surface area (Å²) in [7, 11) is 0. The van der Waals surface area contributed by atoms with E-state index >= 15 is 28.8 Å². The molecule has 4 aliphatic rings. The normalized spacial score (nSPS) is 18.0. The number of aliphatic hydroxyl groups is 1. The molecular formula is C93H125ClN20O16S. The van der Waals surface area contributed by atoms with E-state index in [4.69, 9.17) is 27.8 Å². The van der Waals surface area contributed by atoms with Gasteiger partial charge in [-0.1, -0.05) is 143 Å². The zero-order chi connectivity index (χ0) is 94.0. The predicted molar refractivity (Wildman–Crippen MR) is 496 cm³/mol. The number of hydrogen-bond donors (Lipinski definition) is 18. The molecule has 5 heterocycles. The molecule has 4 saturated heterocycles. The van der Waals surface area contributed by atoms with Crippen molar-refractivity contribution in [2.24, 2.45) is 17.4 Å². The third-order valence-electron chi connectivity index (χ3n) is 23.2. The van der Waals surface area contributed by atoms with Crippen LogP contribution in [0.3, 0.4) is 0 Å². The summed E-state index contributed by atoms with van der Waals surface area (Å²) in [6, 6.07) is 20.8. The number of primary amides is 2. The lowest BCUT2D eigenvalue weighted by Gasteiger charge is -2.31. The summed E-state index contributed by atoms with van der Waals surface area (Å²) in [4.78, 5) is 205. The van der Waals surface area contributed by atoms with Gasteiger partial charge in [-0.3, -0.25) is 62.6 Å². The van der Waals surface area contributed by atoms with Gasteiger partial charge in [-0.25, -0.2) is 14.4 Å². The Balaban J connectivity index is 0.903. The average molecular weight is 1850 g/mol. The second kappa shape index (κ2) is 51.0. The van der Waals surface area contributed by atoms with E-state index in [2.05, 4.69) is 89.6 Å². The molecule has 20 N–H and O–H groups in total. The van der Waals surface area contributed by atoms with Gasteiger partial charge in [0.1, 0.15) is 60.4 Å². The molecule has 0 radical (unpaired) electrons. The Kier molecular flexibility index (Phi) is 39.3. The molecule has 706 valence electrons. The van der Waals surface area contributed by atoms with E-state index in [-0.39, 0.29) is 119 Å². The first-order valence-corrected chi connectivity index (χ1v) is 46.3. The largest absolute Gasteiger partial charge is 0.394 e. The van der Waals surface area contributed by atoms with Crippen molar-refractivity contribution in [3.63, 3.8) is 0 Å². The number of fused-ring (bicyclic) bond motifs is 2. The summed E-state index contributed by atoms with van der Waals surface area (Å²) < 4.78 is 5.58. The van der Waals surface area contributed by atoms with Crippen molar-refractivity contribution < 1.29 is 77.0 Å². The van der Waals surface area contributed by atoms with Crippen LogP contribution in [0.1, 0.15) is 132 Å². The van der Waals surface area contributed by atoms with Gasteiger partial charge >= 0.3 is 18.1 Å². The number of aliphatic hydroxyl groups excluding tert-OH is 1. The first-order valence-electron chi connectivity index (χ1n) is 44.9. The second-order valence-electron chi connectivity index (χ2n) is 34.4. The fraction of sp³-hybridized carbons (Fsp3) is 0.495. The molecule has 0 aliphatic carbocycles. The van der Waals surface area contributed by atoms with Gasteiger partial charge in [-0.2, -0.15) is 11.8 Å². The van der Waals surface area contributed by atoms with Crippen LogP contribution < -0.4 is 91.2 Å². The number of morpholine rings is 1. The number of thioether (sulfide) groups is 1. The SMILES string of the molecule is CC(C)C[C@H](NC(=O)[C@@H](Cc1ccc(NC(=O)NCCNC(=O)CCCC[C@@H]2SC[C@@H]3NC(=O)N[C@@H]32)cc1)NC(=O)[C@H](Cc1ccc(CN2CCOCC2)cc1)NC(=O)[C@H](CO)NC(=O)[C@@H](Cc1cccnc1)NC(=O)[C@@H](Cc1ccc(Cl)cc1)NC(=O)[C@@H](Cc1ccc2ccccc2c1)NC(N)=O)C(=O)N[C@@H](CCCCNC(C)C)C(=O)N1CCC[C@H]1C(=O)N[C@H](C)C(N)=O. The molecule has 10 rings (SSSR count). The molecule has 1 aromatic heterocycles. The molecule has 4 aliphatic heterocycles. The number of carbonyl (C=O) groups is 14. The number of ether oxygens (including phenoxy) is 1. The Morgan fingerprint density at radius 3 is 1.69 bits per heavy atom. The molecule has 5 aromatic carbocycles. The molecule has 38 heteroatoms. The number of unbranched alkanes of at least 4 members (excludes halogenated alkanes) is 2. The Morgan fingerprint density at radius 2 is 1.10 bits per heavy atom. The smallest absolute Gasteiger partial charge is 0.319 e. The van der Waals surface area contributed by atoms with E-state index in [9.17, 15) is 43.5 Å². The number of nitrogens with two attached hydrogens (primary N) is 2. The summed E-state index contributed by atoms with van der Waals surface area (Å²) in [5.74, 6) is -8.01. The van der Waals surface area contributed by atoms with Gasteiger partial charge in [0.15, 0.2) is 0 Å². The van der Waals surface area contributed by atoms with Gasteiger partial charge in [0.05, 0.1) is 31.9 Å². The van der Waals surface area contributed by atoms with E-state index in [1.807, 2.05) is 88.0 Å². The summed E-state index contributed by atoms with van der Waals surface area (Å²) in [6.07, 6.45) is 6.32. The number of anilines is 1. The standard InChI is InChI=1S/C93H125ClN20O16S/c1-55(2)44-69(82(118)103-68(17-10-11-36-98-56(3)4)90(126)114-39-13-18-77(114)89(125)101-57(5)81(95)117)104-83(119)71(48-60-28-33-67(34-29-60)102-92(128)100-38-37-99-79(116)20-9-8-19-78-80-76(54-131-78)111-93(129)112-80)105-85(121)72(46-58-21-23-61(24-22-58)52-113-40-42-130-43-41-113)108-88(124)75(53-115)109-86(122)73(50-63-14-12-35-97-51-63)107-84(120)70(47-59-26-31-66(94)32-27-59)106-87(123)74(110-91(96)127)49-62-25-30-64-15-6-7-16-65(64)45-62/h6-7,12,14-16,21-35,45,51,55-57,68-78,80,98,115H,8-11,13,17-20,36-44,46-50,52-54H2,1-5H3,(H2,95,117)(H,99,116)(H,101,125)(H,103,118)(H,104,119)(H,105,121)(H,106,123)(H,107,120)(H,108,124)(H,109,122)(H3,96,110,127)(H2,100,102,128)(H2,111,112,129)/t57-,68+,69+,70-,71-,72+,73-,74-,75+,76+,77+,78+,80+/m1/s1. The predicted octanol–water partition coefficient (Wildman–Crippen LogP) is 2.82. The van der Waals surface area contributed by atoms with Crippen LogP contribution >= 0.6 is 23.4 Å². The van der Waals surface area contributed by atoms with Crippen LogP contribution in [0.25, 0.3) is 10.8 Å². The Bertz CT molecular complexity index is 4880. The minimum atomic E-state index is -1.86. The van der Waals surface area contributed by atoms with E-state index < -0.39 is 138 Å². The molecule has 13 atom stereocenters. The van der Waals surface area contributed by atoms with Gasteiger partial charge in [-0.05, 0) is 145 Å². The highest BCUT2D eigenvalue weighted by Crippen LogP contribution is 2.34. The molecule has 17 amide bonds. The van der Waals surface area contributed by atoms with Gasteiger partial charge in [0, 0.05) is 118 Å². The van der Waals surface area contributed by atoms with E-state index in [1.165, 1.54) is 24.2 Å². The van der Waals surface area contributed by atoms with Crippen LogP contribution in [-0.4, -0.2) is 252 Å². The molecule has 0 bridgehead atoms. The first kappa shape index (κ1) is 101. The van der Waals surface area contributed by atoms with Crippen LogP contribution in [0.15, 0.2) is 140 Å². The molecule has 131 heavy (non-hydrogen) atoms. The lowest BCUT2D eigenvalue weighted by molar-refractivity contribution is -0.142. The molecule has 4 fully saturated rings. The van der Waals surface area contributed by atoms with E-state index in [1.54, 1.807) is 78.9 Å². The second-order valence-corrected chi connectivity index (χ2v) is 36.1. The lowest BCUT2D eigenvalue weighted by Crippen LogP contribution is -2.62. The summed E-state index contributed by atoms with van der Waals surface area (Å²) >= 11 is 8.11. The van der Waals surface area contributed by atoms with Crippen molar-refractivity contribution in [2.45, 2.75) is 221 Å². The van der Waals surface area contributed by atoms with Crippen molar-refractivity contribution in [3.05, 3.63) is 178 Å². The number of aromatic nitrogens is 1. The minimum absolute atomic E-state index is 0.000174. The summed E-state index contributed by atoms with van der Waals surface area (Å²) in [6.45, 7) is 12.0. The number of urea groups is 3. The van der Waals surface area contributed by atoms with Crippen molar-refractivity contribution in [3.8, 4) is 0 Å². The zero-order valence-electron chi connectivity index (χ0n) is 74.7. The highest BCUT2D eigenvalue weighted by Gasteiger charge is 2.44. The van der Waals surface area contributed by atoms with Gasteiger partial charge in [-0.15, -0.1) is 0 Å². The molecular weight excluding hydrogens is 1720 g/mol. The highest BCUT2D eigenvalue weighted by molar-refractivity contribution is 8.00. The van der Waals surface area contributed by atoms with Crippen LogP contribution in [0, 0.1) is 5.92 Å². The third-order valence-corrected chi connectivity index (χ3v) is 25.0. The first-order chi connectivity index (χ1) is 62.9. The Hall–Kier alpha value is -12.0. The molecule has 0 spiro atoms. The molecule has 0 unspecified atom stereocenters. The van der Waals surface area contributed by atoms with Gasteiger partial charge < -0.3 is 106 Å². The van der Waals surface area contributed by atoms with Gasteiger partial charge in [0.2, 0.25) is 65.0 Å². The van der Waals surface area contributed by atoms with E-state index in [0.717, 1.165) is 34.9 Å². The number of amides is 17. The van der Waals surface area contributed by atoms with Crippen LogP contribution in [0.2, 0.25) is 5.02 Å². The number of pyridine rings is 1. The number of likely N-dealkylation sites (tertiary alicyclic amines) is 1. The van der Waals surface area contributed by atoms with Crippen molar-refractivity contribution in [2.75, 3.05) is 70.2 Å². The zero-order valence-corrected chi connectivity index (χ0v) is 76.3. The number of nitrogens with one attached hydrogen (secondary N) is 15. The number of nitrogens with zero attached hydrogens (tertiary/aromatic N) is 3. The monoisotopic (exact) mass is 1840 g/mol. The number of benzene rings is 5. The molecule has 0 saturated carbocycles. The Morgan fingerprint density at radius 1 is 0.557 bits per heavy atom. The summed E-state index contributed by atoms with van der Waals surface area (Å²) in [5, 5.41) is 55.9. The van der Waals surface area contributed by atoms with Crippen molar-refractivity contribution >= 4 is 123 Å². The maximum Gasteiger partial charge on any atom is 0.319 e. The fourth-order valence-corrected chi connectivity index (χ4v) is 17.8. The maximum atomic E-state index is 15.7. The van der Waals surface area contributed by atoms with Crippen LogP contribution in [0.4, 0.5) is 20.1 Å². The number of halogens is 1. The van der Waals surface area contributed by atoms with Crippen LogP contribution in [0.5, 0.6) is 0 Å². The van der Waals surface area contributed by atoms with E-state index in [0.29, 0.717) is 104 Å². The number of hydrogen-bond acceptors (Lipinski definition) is 20. The lowest BCUT2D eigenvalue weighted by atomic mass is 9.99. The van der Waals surface area contributed by atoms with Crippen LogP contribution in [-0.2, 0) is 96.1 Å². The molecule has 36 nitrogen and oxygen atoms in total. The number of carbonyl (C=O) groups excluding carboxylic acids is 14. The fourth-order valence-electron chi connectivity index (χ4n) is 16.1. The van der Waals surface area contributed by atoms with Crippen molar-refractivity contribution in [1.82, 2.24) is 89.2 Å². The third kappa shape index (κ3) is 32.5. The van der Waals surface area contributed by atoms with Crippen molar-refractivity contribution in [1.29, 1.82) is 0 Å². The topological polar surface area (TPSA) is 520 Å². The van der Waals surface area contributed by atoms with Gasteiger partial charge in [0.25, 0.3) is 0 Å². The Labute approximate surface area is 771 Å².